The van der Waals surface area contributed by atoms with E-state index in [-0.39, 0.29) is 23.0 Å². The number of carbonyl (C=O) groups is 2. The van der Waals surface area contributed by atoms with Crippen molar-refractivity contribution in [1.29, 1.82) is 0 Å². The monoisotopic (exact) mass is 499 g/mol. The number of aromatic nitrogens is 3. The Morgan fingerprint density at radius 2 is 1.88 bits per heavy atom. The Hall–Kier alpha value is -2.72. The van der Waals surface area contributed by atoms with Gasteiger partial charge in [0, 0.05) is 30.9 Å². The van der Waals surface area contributed by atoms with E-state index in [0.29, 0.717) is 39.2 Å². The second kappa shape index (κ2) is 10.7. The third-order valence-corrected chi connectivity index (χ3v) is 7.95. The first kappa shape index (κ1) is 24.4. The molecule has 4 rings (SSSR count). The lowest BCUT2D eigenvalue weighted by Crippen LogP contribution is -2.32. The molecule has 0 atom stereocenters. The molecule has 0 saturated carbocycles. The predicted molar refractivity (Wildman–Crippen MR) is 138 cm³/mol. The van der Waals surface area contributed by atoms with E-state index < -0.39 is 0 Å². The molecule has 1 saturated heterocycles. The molecule has 1 aliphatic heterocycles. The van der Waals surface area contributed by atoms with Crippen LogP contribution in [-0.4, -0.2) is 45.1 Å². The summed E-state index contributed by atoms with van der Waals surface area (Å²) >= 11 is 2.65. The molecule has 1 aliphatic rings. The Bertz CT molecular complexity index is 1240. The highest BCUT2D eigenvalue weighted by molar-refractivity contribution is 7.99. The number of amides is 1. The zero-order valence-electron chi connectivity index (χ0n) is 19.7. The summed E-state index contributed by atoms with van der Waals surface area (Å²) in [6, 6.07) is 6.77. The fourth-order valence-electron chi connectivity index (χ4n) is 3.86. The first-order valence-corrected chi connectivity index (χ1v) is 13.4. The summed E-state index contributed by atoms with van der Waals surface area (Å²) in [7, 11) is 0. The SMILES string of the molecule is CCCn1c(SCC(=O)Nc2ccc(C(C)=O)cc2)nc2nc(N3CCC(C)CC3)sc2c1=O. The van der Waals surface area contributed by atoms with Gasteiger partial charge in [-0.3, -0.25) is 19.0 Å². The summed E-state index contributed by atoms with van der Waals surface area (Å²) < 4.78 is 2.23. The number of ketones is 1. The maximum absolute atomic E-state index is 13.2. The highest BCUT2D eigenvalue weighted by Gasteiger charge is 2.22. The molecule has 2 aromatic heterocycles. The fourth-order valence-corrected chi connectivity index (χ4v) is 5.68. The molecule has 1 aromatic carbocycles. The normalized spacial score (nSPS) is 14.5. The van der Waals surface area contributed by atoms with Crippen molar-refractivity contribution in [2.45, 2.75) is 51.7 Å². The van der Waals surface area contributed by atoms with Crippen LogP contribution in [0, 0.1) is 5.92 Å². The van der Waals surface area contributed by atoms with Crippen molar-refractivity contribution in [3.05, 3.63) is 40.2 Å². The van der Waals surface area contributed by atoms with Gasteiger partial charge < -0.3 is 10.2 Å². The average Bonchev–Trinajstić information content (AvgIpc) is 3.25. The van der Waals surface area contributed by atoms with Crippen LogP contribution in [0.5, 0.6) is 0 Å². The van der Waals surface area contributed by atoms with E-state index >= 15 is 0 Å². The van der Waals surface area contributed by atoms with E-state index in [9.17, 15) is 14.4 Å². The van der Waals surface area contributed by atoms with Crippen LogP contribution in [0.4, 0.5) is 10.8 Å². The van der Waals surface area contributed by atoms with E-state index in [4.69, 9.17) is 0 Å². The molecule has 0 aliphatic carbocycles. The number of thioether (sulfide) groups is 1. The molecule has 3 heterocycles. The highest BCUT2D eigenvalue weighted by atomic mass is 32.2. The van der Waals surface area contributed by atoms with Crippen LogP contribution >= 0.6 is 23.1 Å². The summed E-state index contributed by atoms with van der Waals surface area (Å²) in [6.07, 6.45) is 3.03. The first-order chi connectivity index (χ1) is 16.4. The van der Waals surface area contributed by atoms with Crippen LogP contribution in [0.2, 0.25) is 0 Å². The van der Waals surface area contributed by atoms with Gasteiger partial charge in [-0.25, -0.2) is 4.98 Å². The molecule has 0 radical (unpaired) electrons. The lowest BCUT2D eigenvalue weighted by molar-refractivity contribution is -0.113. The molecular formula is C24H29N5O3S2. The number of nitrogens with one attached hydrogen (secondary N) is 1. The molecule has 0 bridgehead atoms. The molecule has 34 heavy (non-hydrogen) atoms. The van der Waals surface area contributed by atoms with Crippen LogP contribution in [-0.2, 0) is 11.3 Å². The van der Waals surface area contributed by atoms with Gasteiger partial charge in [-0.15, -0.1) is 0 Å². The van der Waals surface area contributed by atoms with Gasteiger partial charge in [-0.2, -0.15) is 4.98 Å². The summed E-state index contributed by atoms with van der Waals surface area (Å²) in [4.78, 5) is 48.8. The molecule has 0 unspecified atom stereocenters. The number of nitrogens with zero attached hydrogens (tertiary/aromatic N) is 4. The smallest absolute Gasteiger partial charge is 0.273 e. The summed E-state index contributed by atoms with van der Waals surface area (Å²) in [6.45, 7) is 8.20. The van der Waals surface area contributed by atoms with Crippen molar-refractivity contribution in [2.75, 3.05) is 29.1 Å². The third kappa shape index (κ3) is 5.50. The molecule has 180 valence electrons. The molecule has 8 nitrogen and oxygen atoms in total. The Morgan fingerprint density at radius 1 is 1.18 bits per heavy atom. The summed E-state index contributed by atoms with van der Waals surface area (Å²) in [5.41, 5.74) is 1.57. The first-order valence-electron chi connectivity index (χ1n) is 11.6. The van der Waals surface area contributed by atoms with E-state index in [0.717, 1.165) is 37.5 Å². The number of hydrogen-bond acceptors (Lipinski definition) is 8. The quantitative estimate of drug-likeness (QED) is 0.278. The number of piperidine rings is 1. The fraction of sp³-hybridized carbons (Fsp3) is 0.458. The van der Waals surface area contributed by atoms with Crippen molar-refractivity contribution in [1.82, 2.24) is 14.5 Å². The molecule has 1 N–H and O–H groups in total. The van der Waals surface area contributed by atoms with Gasteiger partial charge in [0.1, 0.15) is 4.70 Å². The van der Waals surface area contributed by atoms with Crippen LogP contribution in [0.1, 0.15) is 50.4 Å². The average molecular weight is 500 g/mol. The molecule has 1 amide bonds. The van der Waals surface area contributed by atoms with E-state index in [1.54, 1.807) is 28.8 Å². The number of fused-ring (bicyclic) bond motifs is 1. The minimum absolute atomic E-state index is 0.0242. The highest BCUT2D eigenvalue weighted by Crippen LogP contribution is 2.30. The minimum Gasteiger partial charge on any atom is -0.348 e. The molecule has 1 fully saturated rings. The summed E-state index contributed by atoms with van der Waals surface area (Å²) in [5, 5.41) is 4.18. The van der Waals surface area contributed by atoms with Gasteiger partial charge >= 0.3 is 0 Å². The van der Waals surface area contributed by atoms with Crippen molar-refractivity contribution >= 4 is 56.0 Å². The number of benzene rings is 1. The van der Waals surface area contributed by atoms with Gasteiger partial charge in [-0.1, -0.05) is 36.9 Å². The standard InChI is InChI=1S/C24H29N5O3S2/c1-4-11-29-22(32)20-21(26-23(34-20)28-12-9-15(2)10-13-28)27-24(29)33-14-19(31)25-18-7-5-17(6-8-18)16(3)30/h5-8,15H,4,9-14H2,1-3H3,(H,25,31). The number of hydrogen-bond donors (Lipinski definition) is 1. The third-order valence-electron chi connectivity index (χ3n) is 5.88. The second-order valence-electron chi connectivity index (χ2n) is 8.64. The van der Waals surface area contributed by atoms with Crippen molar-refractivity contribution in [2.24, 2.45) is 5.92 Å². The maximum atomic E-state index is 13.2. The minimum atomic E-state index is -0.209. The molecule has 3 aromatic rings. The number of anilines is 2. The zero-order valence-corrected chi connectivity index (χ0v) is 21.3. The Morgan fingerprint density at radius 3 is 2.53 bits per heavy atom. The van der Waals surface area contributed by atoms with Gasteiger partial charge in [-0.05, 0) is 56.4 Å². The van der Waals surface area contributed by atoms with Crippen LogP contribution in [0.3, 0.4) is 0 Å². The number of Topliss-reactive ketones (excluding diaryl/α,β-unsaturated/α-hetero) is 1. The second-order valence-corrected chi connectivity index (χ2v) is 10.6. The maximum Gasteiger partial charge on any atom is 0.273 e. The van der Waals surface area contributed by atoms with Gasteiger partial charge in [0.05, 0.1) is 5.75 Å². The largest absolute Gasteiger partial charge is 0.348 e. The lowest BCUT2D eigenvalue weighted by atomic mass is 10.00. The number of thiazole rings is 1. The van der Waals surface area contributed by atoms with Crippen LogP contribution in [0.15, 0.2) is 34.2 Å². The van der Waals surface area contributed by atoms with Crippen LogP contribution < -0.4 is 15.8 Å². The van der Waals surface area contributed by atoms with E-state index in [2.05, 4.69) is 27.1 Å². The zero-order chi connectivity index (χ0) is 24.2. The Kier molecular flexibility index (Phi) is 7.67. The lowest BCUT2D eigenvalue weighted by Gasteiger charge is -2.29. The van der Waals surface area contributed by atoms with Crippen molar-refractivity contribution in [3.8, 4) is 0 Å². The molecule has 10 heteroatoms. The van der Waals surface area contributed by atoms with Crippen LogP contribution in [0.25, 0.3) is 10.3 Å². The van der Waals surface area contributed by atoms with Crippen molar-refractivity contribution in [3.63, 3.8) is 0 Å². The predicted octanol–water partition coefficient (Wildman–Crippen LogP) is 4.43. The number of carbonyl (C=O) groups excluding carboxylic acids is 2. The van der Waals surface area contributed by atoms with Gasteiger partial charge in [0.25, 0.3) is 5.56 Å². The van der Waals surface area contributed by atoms with Crippen molar-refractivity contribution < 1.29 is 9.59 Å². The summed E-state index contributed by atoms with van der Waals surface area (Å²) in [5.74, 6) is 0.590. The topological polar surface area (TPSA) is 97.2 Å². The Labute approximate surface area is 206 Å². The molecular weight excluding hydrogens is 470 g/mol. The van der Waals surface area contributed by atoms with Gasteiger partial charge in [0.15, 0.2) is 21.7 Å². The van der Waals surface area contributed by atoms with Gasteiger partial charge in [0.2, 0.25) is 5.91 Å². The molecule has 0 spiro atoms. The van der Waals surface area contributed by atoms with E-state index in [1.807, 2.05) is 6.92 Å². The number of rotatable bonds is 8. The van der Waals surface area contributed by atoms with E-state index in [1.165, 1.54) is 30.0 Å². The Balaban J connectivity index is 1.51.